The SMILES string of the molecule is Cc1ccc(-c2cc3c(cn2)CCc2c-3[nH]c3c2C(=O)NCC32CN(C)C2)c(F)c1. The van der Waals surface area contributed by atoms with E-state index in [9.17, 15) is 9.18 Å². The number of amides is 1. The Bertz CT molecular complexity index is 1220. The van der Waals surface area contributed by atoms with Gasteiger partial charge in [0, 0.05) is 42.7 Å². The van der Waals surface area contributed by atoms with Crippen molar-refractivity contribution >= 4 is 5.91 Å². The Balaban J connectivity index is 1.52. The minimum absolute atomic E-state index is 0.0185. The number of carbonyl (C=O) groups excluding carboxylic acids is 1. The molecule has 0 unspecified atom stereocenters. The van der Waals surface area contributed by atoms with E-state index in [1.165, 1.54) is 6.07 Å². The third kappa shape index (κ3) is 2.37. The number of fused-ring (bicyclic) bond motifs is 6. The van der Waals surface area contributed by atoms with E-state index in [0.717, 1.165) is 65.1 Å². The van der Waals surface area contributed by atoms with E-state index in [1.54, 1.807) is 6.07 Å². The van der Waals surface area contributed by atoms with Crippen LogP contribution in [0.15, 0.2) is 30.5 Å². The number of nitrogens with one attached hydrogen (secondary N) is 2. The molecular weight excluding hydrogens is 379 g/mol. The second kappa shape index (κ2) is 6.01. The summed E-state index contributed by atoms with van der Waals surface area (Å²) >= 11 is 0. The summed E-state index contributed by atoms with van der Waals surface area (Å²) < 4.78 is 14.6. The van der Waals surface area contributed by atoms with Gasteiger partial charge in [-0.25, -0.2) is 4.39 Å². The van der Waals surface area contributed by atoms with E-state index < -0.39 is 0 Å². The quantitative estimate of drug-likeness (QED) is 0.657. The van der Waals surface area contributed by atoms with Crippen LogP contribution in [0.4, 0.5) is 4.39 Å². The standard InChI is InChI=1S/C24H23FN4O/c1-13-3-5-15(18(25)7-13)19-8-17-14(9-26-19)4-6-16-20-22(28-21(16)17)24(10-27-23(20)30)11-29(2)12-24/h3,5,7-9,28H,4,6,10-12H2,1-2H3,(H,27,30). The van der Waals surface area contributed by atoms with E-state index in [-0.39, 0.29) is 17.1 Å². The summed E-state index contributed by atoms with van der Waals surface area (Å²) in [5.41, 5.74) is 8.13. The largest absolute Gasteiger partial charge is 0.357 e. The third-order valence-corrected chi connectivity index (χ3v) is 6.89. The number of nitrogens with zero attached hydrogens (tertiary/aromatic N) is 2. The van der Waals surface area contributed by atoms with Crippen LogP contribution < -0.4 is 5.32 Å². The first kappa shape index (κ1) is 17.8. The van der Waals surface area contributed by atoms with Crippen molar-refractivity contribution in [2.75, 3.05) is 26.7 Å². The molecule has 0 bridgehead atoms. The summed E-state index contributed by atoms with van der Waals surface area (Å²) in [6, 6.07) is 7.20. The number of halogens is 1. The summed E-state index contributed by atoms with van der Waals surface area (Å²) in [5, 5.41) is 3.11. The minimum Gasteiger partial charge on any atom is -0.357 e. The Kier molecular flexibility index (Phi) is 3.58. The van der Waals surface area contributed by atoms with Crippen LogP contribution in [0.5, 0.6) is 0 Å². The molecule has 4 heterocycles. The van der Waals surface area contributed by atoms with Crippen molar-refractivity contribution < 1.29 is 9.18 Å². The number of benzene rings is 1. The molecule has 6 heteroatoms. The highest BCUT2D eigenvalue weighted by molar-refractivity contribution is 6.01. The number of H-pyrrole nitrogens is 1. The highest BCUT2D eigenvalue weighted by atomic mass is 19.1. The van der Waals surface area contributed by atoms with Gasteiger partial charge in [-0.1, -0.05) is 6.07 Å². The lowest BCUT2D eigenvalue weighted by molar-refractivity contribution is 0.0688. The number of aromatic amines is 1. The number of carbonyl (C=O) groups is 1. The lowest BCUT2D eigenvalue weighted by Crippen LogP contribution is -2.65. The van der Waals surface area contributed by atoms with Crippen LogP contribution in [-0.2, 0) is 18.3 Å². The molecule has 0 saturated carbocycles. The minimum atomic E-state index is -0.264. The van der Waals surface area contributed by atoms with Crippen molar-refractivity contribution in [1.82, 2.24) is 20.2 Å². The van der Waals surface area contributed by atoms with Gasteiger partial charge in [0.15, 0.2) is 0 Å². The number of hydrogen-bond acceptors (Lipinski definition) is 3. The molecule has 1 aliphatic carbocycles. The van der Waals surface area contributed by atoms with Gasteiger partial charge in [-0.2, -0.15) is 0 Å². The molecule has 1 spiro atoms. The van der Waals surface area contributed by atoms with Gasteiger partial charge in [0.1, 0.15) is 5.82 Å². The zero-order valence-corrected chi connectivity index (χ0v) is 17.1. The molecule has 2 aromatic heterocycles. The molecule has 1 aromatic carbocycles. The summed E-state index contributed by atoms with van der Waals surface area (Å²) in [5.74, 6) is -0.245. The van der Waals surface area contributed by atoms with Crippen molar-refractivity contribution in [3.8, 4) is 22.5 Å². The van der Waals surface area contributed by atoms with Gasteiger partial charge in [-0.05, 0) is 61.7 Å². The number of aryl methyl sites for hydroxylation is 2. The van der Waals surface area contributed by atoms with E-state index >= 15 is 0 Å². The Hall–Kier alpha value is -2.99. The van der Waals surface area contributed by atoms with Crippen LogP contribution in [0.25, 0.3) is 22.5 Å². The fourth-order valence-corrected chi connectivity index (χ4v) is 5.50. The molecule has 2 aliphatic heterocycles. The molecule has 30 heavy (non-hydrogen) atoms. The predicted molar refractivity (Wildman–Crippen MR) is 113 cm³/mol. The first-order chi connectivity index (χ1) is 14.4. The predicted octanol–water partition coefficient (Wildman–Crippen LogP) is 3.22. The van der Waals surface area contributed by atoms with Crippen molar-refractivity contribution in [2.45, 2.75) is 25.2 Å². The molecule has 5 nitrogen and oxygen atoms in total. The Morgan fingerprint density at radius 1 is 1.17 bits per heavy atom. The van der Waals surface area contributed by atoms with Gasteiger partial charge in [-0.15, -0.1) is 0 Å². The molecule has 6 rings (SSSR count). The maximum absolute atomic E-state index is 14.6. The average molecular weight is 402 g/mol. The third-order valence-electron chi connectivity index (χ3n) is 6.89. The van der Waals surface area contributed by atoms with Crippen LogP contribution in [-0.4, -0.2) is 47.5 Å². The van der Waals surface area contributed by atoms with Crippen LogP contribution in [0.3, 0.4) is 0 Å². The van der Waals surface area contributed by atoms with Gasteiger partial charge in [-0.3, -0.25) is 9.78 Å². The fraction of sp³-hybridized carbons (Fsp3) is 0.333. The molecule has 152 valence electrons. The van der Waals surface area contributed by atoms with Crippen molar-refractivity contribution in [3.05, 3.63) is 64.2 Å². The van der Waals surface area contributed by atoms with E-state index in [0.29, 0.717) is 17.8 Å². The smallest absolute Gasteiger partial charge is 0.253 e. The van der Waals surface area contributed by atoms with E-state index in [1.807, 2.05) is 25.3 Å². The second-order valence-corrected chi connectivity index (χ2v) is 9.07. The maximum atomic E-state index is 14.6. The summed E-state index contributed by atoms with van der Waals surface area (Å²) in [7, 11) is 2.10. The number of aromatic nitrogens is 2. The van der Waals surface area contributed by atoms with Gasteiger partial charge >= 0.3 is 0 Å². The van der Waals surface area contributed by atoms with Crippen molar-refractivity contribution in [3.63, 3.8) is 0 Å². The van der Waals surface area contributed by atoms with Crippen LogP contribution >= 0.6 is 0 Å². The number of pyridine rings is 1. The average Bonchev–Trinajstić information content (AvgIpc) is 3.10. The van der Waals surface area contributed by atoms with Gasteiger partial charge in [0.2, 0.25) is 0 Å². The van der Waals surface area contributed by atoms with Gasteiger partial charge < -0.3 is 15.2 Å². The fourth-order valence-electron chi connectivity index (χ4n) is 5.50. The zero-order valence-electron chi connectivity index (χ0n) is 17.1. The molecule has 1 amide bonds. The number of likely N-dealkylation sites (N-methyl/N-ethyl adjacent to an activating group) is 1. The van der Waals surface area contributed by atoms with E-state index in [4.69, 9.17) is 0 Å². The molecule has 0 atom stereocenters. The molecule has 1 saturated heterocycles. The number of rotatable bonds is 1. The maximum Gasteiger partial charge on any atom is 0.253 e. The topological polar surface area (TPSA) is 61.0 Å². The monoisotopic (exact) mass is 402 g/mol. The normalized spacial score (nSPS) is 19.0. The summed E-state index contributed by atoms with van der Waals surface area (Å²) in [4.78, 5) is 23.3. The Morgan fingerprint density at radius 3 is 2.77 bits per heavy atom. The Morgan fingerprint density at radius 2 is 2.00 bits per heavy atom. The lowest BCUT2D eigenvalue weighted by Gasteiger charge is -2.50. The first-order valence-corrected chi connectivity index (χ1v) is 10.4. The molecule has 0 radical (unpaired) electrons. The van der Waals surface area contributed by atoms with Gasteiger partial charge in [0.25, 0.3) is 5.91 Å². The molecule has 1 fully saturated rings. The zero-order chi connectivity index (χ0) is 20.6. The Labute approximate surface area is 174 Å². The van der Waals surface area contributed by atoms with Gasteiger partial charge in [0.05, 0.1) is 22.4 Å². The highest BCUT2D eigenvalue weighted by Crippen LogP contribution is 2.44. The molecular formula is C24H23FN4O. The van der Waals surface area contributed by atoms with Crippen molar-refractivity contribution in [2.24, 2.45) is 0 Å². The second-order valence-electron chi connectivity index (χ2n) is 9.07. The highest BCUT2D eigenvalue weighted by Gasteiger charge is 2.50. The summed E-state index contributed by atoms with van der Waals surface area (Å²) in [6.07, 6.45) is 3.50. The van der Waals surface area contributed by atoms with Crippen molar-refractivity contribution in [1.29, 1.82) is 0 Å². The number of likely N-dealkylation sites (tertiary alicyclic amines) is 1. The molecule has 3 aliphatic rings. The summed E-state index contributed by atoms with van der Waals surface area (Å²) in [6.45, 7) is 4.42. The molecule has 3 aromatic rings. The van der Waals surface area contributed by atoms with Crippen LogP contribution in [0.1, 0.15) is 32.7 Å². The lowest BCUT2D eigenvalue weighted by atomic mass is 9.73. The van der Waals surface area contributed by atoms with E-state index in [2.05, 4.69) is 27.2 Å². The molecule has 2 N–H and O–H groups in total. The van der Waals surface area contributed by atoms with Crippen LogP contribution in [0.2, 0.25) is 0 Å². The number of hydrogen-bond donors (Lipinski definition) is 2. The first-order valence-electron chi connectivity index (χ1n) is 10.4. The van der Waals surface area contributed by atoms with Crippen LogP contribution in [0, 0.1) is 12.7 Å².